The minimum absolute atomic E-state index is 0.0596. The smallest absolute Gasteiger partial charge is 0.243 e. The van der Waals surface area contributed by atoms with Gasteiger partial charge in [-0.3, -0.25) is 4.98 Å². The summed E-state index contributed by atoms with van der Waals surface area (Å²) in [7, 11) is -3.60. The lowest BCUT2D eigenvalue weighted by atomic mass is 9.79. The van der Waals surface area contributed by atoms with Crippen molar-refractivity contribution in [3.05, 3.63) is 23.5 Å². The standard InChI is InChI=1S/C15H23ClN2O2S/c1-12(2)9-15(6-3-4-7-15)11-18-21(19,20)14-10-17-8-5-13(14)16/h5,8,10,12,18H,3-4,6-7,9,11H2,1-2H3. The van der Waals surface area contributed by atoms with Crippen LogP contribution < -0.4 is 4.72 Å². The Balaban J connectivity index is 2.12. The molecule has 6 heteroatoms. The van der Waals surface area contributed by atoms with E-state index in [4.69, 9.17) is 11.6 Å². The van der Waals surface area contributed by atoms with Crippen molar-refractivity contribution in [1.29, 1.82) is 0 Å². The van der Waals surface area contributed by atoms with Crippen LogP contribution in [0, 0.1) is 11.3 Å². The maximum atomic E-state index is 12.4. The molecule has 4 nitrogen and oxygen atoms in total. The van der Waals surface area contributed by atoms with E-state index >= 15 is 0 Å². The van der Waals surface area contributed by atoms with E-state index in [-0.39, 0.29) is 15.3 Å². The van der Waals surface area contributed by atoms with Crippen LogP contribution in [0.3, 0.4) is 0 Å². The van der Waals surface area contributed by atoms with Crippen molar-refractivity contribution in [3.8, 4) is 0 Å². The molecular weight excluding hydrogens is 308 g/mol. The van der Waals surface area contributed by atoms with Crippen molar-refractivity contribution < 1.29 is 8.42 Å². The molecule has 0 amide bonds. The Bertz CT molecular complexity index is 581. The molecule has 1 fully saturated rings. The second-order valence-corrected chi connectivity index (χ2v) is 8.58. The van der Waals surface area contributed by atoms with Gasteiger partial charge in [-0.15, -0.1) is 0 Å². The lowest BCUT2D eigenvalue weighted by Gasteiger charge is -2.31. The highest BCUT2D eigenvalue weighted by Gasteiger charge is 2.35. The first kappa shape index (κ1) is 16.7. The third-order valence-electron chi connectivity index (χ3n) is 4.17. The number of nitrogens with zero attached hydrogens (tertiary/aromatic N) is 1. The van der Waals surface area contributed by atoms with Gasteiger partial charge in [-0.05, 0) is 36.7 Å². The minimum Gasteiger partial charge on any atom is -0.263 e. The number of aromatic nitrogens is 1. The predicted molar refractivity (Wildman–Crippen MR) is 84.8 cm³/mol. The molecule has 2 rings (SSSR count). The van der Waals surface area contributed by atoms with Gasteiger partial charge in [0.1, 0.15) is 4.90 Å². The summed E-state index contributed by atoms with van der Waals surface area (Å²) in [5.74, 6) is 0.564. The van der Waals surface area contributed by atoms with Gasteiger partial charge in [0, 0.05) is 18.9 Å². The first-order chi connectivity index (χ1) is 9.85. The summed E-state index contributed by atoms with van der Waals surface area (Å²) in [5.41, 5.74) is 0.0932. The zero-order valence-corrected chi connectivity index (χ0v) is 14.2. The molecule has 0 spiro atoms. The molecule has 1 aromatic heterocycles. The van der Waals surface area contributed by atoms with Gasteiger partial charge in [-0.25, -0.2) is 13.1 Å². The van der Waals surface area contributed by atoms with Crippen LogP contribution in [0.25, 0.3) is 0 Å². The maximum absolute atomic E-state index is 12.4. The third-order valence-corrected chi connectivity index (χ3v) is 6.04. The van der Waals surface area contributed by atoms with Gasteiger partial charge in [0.15, 0.2) is 0 Å². The quantitative estimate of drug-likeness (QED) is 0.866. The van der Waals surface area contributed by atoms with Gasteiger partial charge in [0.05, 0.1) is 5.02 Å². The fraction of sp³-hybridized carbons (Fsp3) is 0.667. The van der Waals surface area contributed by atoms with Crippen molar-refractivity contribution in [1.82, 2.24) is 9.71 Å². The van der Waals surface area contributed by atoms with Crippen LogP contribution in [0.4, 0.5) is 0 Å². The van der Waals surface area contributed by atoms with Gasteiger partial charge in [-0.1, -0.05) is 38.3 Å². The van der Waals surface area contributed by atoms with E-state index in [9.17, 15) is 8.42 Å². The predicted octanol–water partition coefficient (Wildman–Crippen LogP) is 3.62. The van der Waals surface area contributed by atoms with Gasteiger partial charge in [0.2, 0.25) is 10.0 Å². The molecule has 1 heterocycles. The lowest BCUT2D eigenvalue weighted by Crippen LogP contribution is -2.37. The van der Waals surface area contributed by atoms with E-state index in [0.717, 1.165) is 19.3 Å². The fourth-order valence-electron chi connectivity index (χ4n) is 3.33. The summed E-state index contributed by atoms with van der Waals surface area (Å²) in [6.45, 7) is 4.86. The average Bonchev–Trinajstić information content (AvgIpc) is 2.85. The number of nitrogens with one attached hydrogen (secondary N) is 1. The van der Waals surface area contributed by atoms with Gasteiger partial charge in [-0.2, -0.15) is 0 Å². The number of sulfonamides is 1. The molecule has 1 saturated carbocycles. The number of hydrogen-bond acceptors (Lipinski definition) is 3. The molecule has 0 unspecified atom stereocenters. The largest absolute Gasteiger partial charge is 0.263 e. The van der Waals surface area contributed by atoms with Gasteiger partial charge < -0.3 is 0 Å². The first-order valence-corrected chi connectivity index (χ1v) is 9.30. The number of rotatable bonds is 6. The monoisotopic (exact) mass is 330 g/mol. The molecule has 0 saturated heterocycles. The fourth-order valence-corrected chi connectivity index (χ4v) is 4.92. The highest BCUT2D eigenvalue weighted by molar-refractivity contribution is 7.89. The van der Waals surface area contributed by atoms with Crippen molar-refractivity contribution in [2.45, 2.75) is 50.8 Å². The molecule has 1 aliphatic carbocycles. The van der Waals surface area contributed by atoms with Crippen LogP contribution in [0.15, 0.2) is 23.4 Å². The molecule has 0 aliphatic heterocycles. The van der Waals surface area contributed by atoms with Crippen molar-refractivity contribution >= 4 is 21.6 Å². The number of halogens is 1. The normalized spacial score (nSPS) is 18.3. The molecule has 118 valence electrons. The van der Waals surface area contributed by atoms with Crippen LogP contribution in [0.2, 0.25) is 5.02 Å². The van der Waals surface area contributed by atoms with Crippen LogP contribution >= 0.6 is 11.6 Å². The molecule has 0 radical (unpaired) electrons. The van der Waals surface area contributed by atoms with Crippen molar-refractivity contribution in [3.63, 3.8) is 0 Å². The summed E-state index contributed by atoms with van der Waals surface area (Å²) < 4.78 is 27.6. The minimum atomic E-state index is -3.60. The molecule has 0 atom stereocenters. The Morgan fingerprint density at radius 3 is 2.62 bits per heavy atom. The maximum Gasteiger partial charge on any atom is 0.243 e. The second kappa shape index (κ2) is 6.63. The number of hydrogen-bond donors (Lipinski definition) is 1. The molecule has 0 aromatic carbocycles. The van der Waals surface area contributed by atoms with Crippen LogP contribution in [-0.2, 0) is 10.0 Å². The van der Waals surface area contributed by atoms with E-state index in [1.807, 2.05) is 0 Å². The summed E-state index contributed by atoms with van der Waals surface area (Å²) in [6.07, 6.45) is 8.39. The Hall–Kier alpha value is -0.650. The zero-order chi connectivity index (χ0) is 15.5. The van der Waals surface area contributed by atoms with E-state index in [2.05, 4.69) is 23.6 Å². The van der Waals surface area contributed by atoms with E-state index in [1.54, 1.807) is 0 Å². The Kier molecular flexibility index (Phi) is 5.28. The van der Waals surface area contributed by atoms with Crippen molar-refractivity contribution in [2.75, 3.05) is 6.54 Å². The average molecular weight is 331 g/mol. The Morgan fingerprint density at radius 2 is 2.05 bits per heavy atom. The molecule has 0 bridgehead atoms. The second-order valence-electron chi connectivity index (χ2n) is 6.44. The Labute approximate surface area is 132 Å². The van der Waals surface area contributed by atoms with E-state index in [0.29, 0.717) is 12.5 Å². The number of pyridine rings is 1. The van der Waals surface area contributed by atoms with Crippen LogP contribution in [0.5, 0.6) is 0 Å². The van der Waals surface area contributed by atoms with Crippen LogP contribution in [-0.4, -0.2) is 19.9 Å². The molecule has 1 N–H and O–H groups in total. The highest BCUT2D eigenvalue weighted by Crippen LogP contribution is 2.42. The summed E-state index contributed by atoms with van der Waals surface area (Å²) in [5, 5.41) is 0.210. The van der Waals surface area contributed by atoms with Crippen molar-refractivity contribution in [2.24, 2.45) is 11.3 Å². The molecule has 1 aliphatic rings. The van der Waals surface area contributed by atoms with Gasteiger partial charge in [0.25, 0.3) is 0 Å². The first-order valence-electron chi connectivity index (χ1n) is 7.44. The molecule has 1 aromatic rings. The SMILES string of the molecule is CC(C)CC1(CNS(=O)(=O)c2cnccc2Cl)CCCC1. The summed E-state index contributed by atoms with van der Waals surface area (Å²) in [4.78, 5) is 3.91. The van der Waals surface area contributed by atoms with E-state index in [1.165, 1.54) is 31.3 Å². The van der Waals surface area contributed by atoms with E-state index < -0.39 is 10.0 Å². The summed E-state index contributed by atoms with van der Waals surface area (Å²) in [6, 6.07) is 1.50. The lowest BCUT2D eigenvalue weighted by molar-refractivity contribution is 0.236. The van der Waals surface area contributed by atoms with Crippen LogP contribution in [0.1, 0.15) is 46.0 Å². The molecular formula is C15H23ClN2O2S. The topological polar surface area (TPSA) is 59.1 Å². The zero-order valence-electron chi connectivity index (χ0n) is 12.6. The highest BCUT2D eigenvalue weighted by atomic mass is 35.5. The Morgan fingerprint density at radius 1 is 1.38 bits per heavy atom. The summed E-state index contributed by atoms with van der Waals surface area (Å²) >= 11 is 5.96. The third kappa shape index (κ3) is 4.18. The van der Waals surface area contributed by atoms with Gasteiger partial charge >= 0.3 is 0 Å². The molecule has 21 heavy (non-hydrogen) atoms.